The van der Waals surface area contributed by atoms with Crippen LogP contribution in [0.15, 0.2) is 36.4 Å². The van der Waals surface area contributed by atoms with Gasteiger partial charge in [0.2, 0.25) is 0 Å². The van der Waals surface area contributed by atoms with E-state index in [-0.39, 0.29) is 5.69 Å². The van der Waals surface area contributed by atoms with E-state index in [9.17, 15) is 10.1 Å². The quantitative estimate of drug-likeness (QED) is 0.625. The van der Waals surface area contributed by atoms with E-state index in [1.807, 2.05) is 13.0 Å². The third-order valence-electron chi connectivity index (χ3n) is 3.00. The van der Waals surface area contributed by atoms with Gasteiger partial charge in [-0.2, -0.15) is 5.26 Å². The van der Waals surface area contributed by atoms with Crippen molar-refractivity contribution in [1.82, 2.24) is 0 Å². The largest absolute Gasteiger partial charge is 0.455 e. The SMILES string of the molecule is Cc1cccc(C#N)c1Oc1cccc([N+](=O)[O-])c1C. The average molecular weight is 268 g/mol. The molecule has 0 aliphatic rings. The molecule has 0 aliphatic heterocycles. The Hall–Kier alpha value is -2.87. The normalized spacial score (nSPS) is 9.85. The van der Waals surface area contributed by atoms with Gasteiger partial charge in [0, 0.05) is 6.07 Å². The van der Waals surface area contributed by atoms with Gasteiger partial charge in [-0.25, -0.2) is 0 Å². The van der Waals surface area contributed by atoms with Crippen molar-refractivity contribution < 1.29 is 9.66 Å². The van der Waals surface area contributed by atoms with Crippen LogP contribution in [-0.2, 0) is 0 Å². The molecule has 0 heterocycles. The lowest BCUT2D eigenvalue weighted by Crippen LogP contribution is -1.96. The summed E-state index contributed by atoms with van der Waals surface area (Å²) < 4.78 is 5.73. The summed E-state index contributed by atoms with van der Waals surface area (Å²) in [4.78, 5) is 10.5. The predicted molar refractivity (Wildman–Crippen MR) is 73.8 cm³/mol. The highest BCUT2D eigenvalue weighted by Gasteiger charge is 2.16. The maximum atomic E-state index is 10.9. The number of rotatable bonds is 3. The van der Waals surface area contributed by atoms with Crippen LogP contribution >= 0.6 is 0 Å². The molecule has 100 valence electrons. The van der Waals surface area contributed by atoms with Crippen molar-refractivity contribution in [2.75, 3.05) is 0 Å². The van der Waals surface area contributed by atoms with Gasteiger partial charge in [0.25, 0.3) is 5.69 Å². The number of nitriles is 1. The number of nitro groups is 1. The maximum Gasteiger partial charge on any atom is 0.276 e. The zero-order chi connectivity index (χ0) is 14.7. The molecule has 2 aromatic carbocycles. The third kappa shape index (κ3) is 2.45. The number of hydrogen-bond donors (Lipinski definition) is 0. The minimum absolute atomic E-state index is 0.00501. The fraction of sp³-hybridized carbons (Fsp3) is 0.133. The lowest BCUT2D eigenvalue weighted by molar-refractivity contribution is -0.385. The Morgan fingerprint density at radius 2 is 1.90 bits per heavy atom. The van der Waals surface area contributed by atoms with Crippen LogP contribution in [0.2, 0.25) is 0 Å². The average Bonchev–Trinajstić information content (AvgIpc) is 2.42. The van der Waals surface area contributed by atoms with Crippen LogP contribution in [0.1, 0.15) is 16.7 Å². The van der Waals surface area contributed by atoms with Crippen LogP contribution in [0.3, 0.4) is 0 Å². The summed E-state index contributed by atoms with van der Waals surface area (Å²) >= 11 is 0. The number of aryl methyl sites for hydroxylation is 1. The van der Waals surface area contributed by atoms with Crippen molar-refractivity contribution in [2.45, 2.75) is 13.8 Å². The van der Waals surface area contributed by atoms with E-state index in [2.05, 4.69) is 6.07 Å². The molecule has 0 amide bonds. The van der Waals surface area contributed by atoms with Crippen LogP contribution in [-0.4, -0.2) is 4.92 Å². The minimum Gasteiger partial charge on any atom is -0.455 e. The van der Waals surface area contributed by atoms with Crippen molar-refractivity contribution >= 4 is 5.69 Å². The van der Waals surface area contributed by atoms with Crippen molar-refractivity contribution in [1.29, 1.82) is 5.26 Å². The Balaban J connectivity index is 2.49. The van der Waals surface area contributed by atoms with Crippen molar-refractivity contribution in [2.24, 2.45) is 0 Å². The number of ether oxygens (including phenoxy) is 1. The molecule has 2 rings (SSSR count). The lowest BCUT2D eigenvalue weighted by atomic mass is 10.1. The molecule has 5 nitrogen and oxygen atoms in total. The first-order valence-corrected chi connectivity index (χ1v) is 5.96. The van der Waals surface area contributed by atoms with Gasteiger partial charge in [-0.3, -0.25) is 10.1 Å². The van der Waals surface area contributed by atoms with Gasteiger partial charge in [-0.05, 0) is 31.5 Å². The molecule has 0 saturated heterocycles. The Kier molecular flexibility index (Phi) is 3.67. The Bertz CT molecular complexity index is 718. The molecule has 20 heavy (non-hydrogen) atoms. The first-order chi connectivity index (χ1) is 9.54. The highest BCUT2D eigenvalue weighted by Crippen LogP contribution is 2.33. The fourth-order valence-corrected chi connectivity index (χ4v) is 1.90. The Morgan fingerprint density at radius 3 is 2.55 bits per heavy atom. The van der Waals surface area contributed by atoms with Gasteiger partial charge < -0.3 is 4.74 Å². The second kappa shape index (κ2) is 5.41. The number of nitrogens with zero attached hydrogens (tertiary/aromatic N) is 2. The van der Waals surface area contributed by atoms with Crippen molar-refractivity contribution in [3.05, 3.63) is 63.2 Å². The summed E-state index contributed by atoms with van der Waals surface area (Å²) in [6, 6.07) is 11.9. The van der Waals surface area contributed by atoms with E-state index in [0.717, 1.165) is 5.56 Å². The molecule has 0 aliphatic carbocycles. The molecule has 0 saturated carbocycles. The van der Waals surface area contributed by atoms with Gasteiger partial charge in [-0.1, -0.05) is 18.2 Å². The predicted octanol–water partition coefficient (Wildman–Crippen LogP) is 3.88. The minimum atomic E-state index is -0.453. The molecular weight excluding hydrogens is 256 g/mol. The van der Waals surface area contributed by atoms with Gasteiger partial charge in [0.05, 0.1) is 16.1 Å². The molecule has 2 aromatic rings. The molecule has 0 N–H and O–H groups in total. The number of nitro benzene ring substituents is 1. The van der Waals surface area contributed by atoms with Crippen LogP contribution < -0.4 is 4.74 Å². The number of hydrogen-bond acceptors (Lipinski definition) is 4. The fourth-order valence-electron chi connectivity index (χ4n) is 1.90. The molecule has 0 fully saturated rings. The Morgan fingerprint density at radius 1 is 1.20 bits per heavy atom. The van der Waals surface area contributed by atoms with E-state index < -0.39 is 4.92 Å². The van der Waals surface area contributed by atoms with Gasteiger partial charge in [-0.15, -0.1) is 0 Å². The molecule has 5 heteroatoms. The highest BCUT2D eigenvalue weighted by atomic mass is 16.6. The van der Waals surface area contributed by atoms with Gasteiger partial charge in [0.1, 0.15) is 17.6 Å². The van der Waals surface area contributed by atoms with E-state index in [1.165, 1.54) is 6.07 Å². The summed E-state index contributed by atoms with van der Waals surface area (Å²) in [6.07, 6.45) is 0. The van der Waals surface area contributed by atoms with Crippen LogP contribution in [0.5, 0.6) is 11.5 Å². The van der Waals surface area contributed by atoms with Crippen LogP contribution in [0.25, 0.3) is 0 Å². The molecule has 0 aromatic heterocycles. The second-order valence-corrected chi connectivity index (χ2v) is 4.32. The van der Waals surface area contributed by atoms with E-state index in [0.29, 0.717) is 22.6 Å². The molecule has 0 atom stereocenters. The van der Waals surface area contributed by atoms with Crippen molar-refractivity contribution in [3.63, 3.8) is 0 Å². The zero-order valence-electron chi connectivity index (χ0n) is 11.1. The highest BCUT2D eigenvalue weighted by molar-refractivity contribution is 5.54. The first kappa shape index (κ1) is 13.6. The first-order valence-electron chi connectivity index (χ1n) is 5.96. The van der Waals surface area contributed by atoms with Gasteiger partial charge in [0.15, 0.2) is 0 Å². The summed E-state index contributed by atoms with van der Waals surface area (Å²) in [5.74, 6) is 0.809. The van der Waals surface area contributed by atoms with Crippen molar-refractivity contribution in [3.8, 4) is 17.6 Å². The summed E-state index contributed by atoms with van der Waals surface area (Å²) in [5.41, 5.74) is 1.63. The van der Waals surface area contributed by atoms with Gasteiger partial charge >= 0.3 is 0 Å². The van der Waals surface area contributed by atoms with E-state index >= 15 is 0 Å². The molecule has 0 spiro atoms. The summed E-state index contributed by atoms with van der Waals surface area (Å²) in [5, 5.41) is 20.0. The zero-order valence-corrected chi connectivity index (χ0v) is 11.1. The summed E-state index contributed by atoms with van der Waals surface area (Å²) in [7, 11) is 0. The van der Waals surface area contributed by atoms with Crippen LogP contribution in [0.4, 0.5) is 5.69 Å². The summed E-state index contributed by atoms with van der Waals surface area (Å²) in [6.45, 7) is 3.45. The molecule has 0 radical (unpaired) electrons. The van der Waals surface area contributed by atoms with E-state index in [4.69, 9.17) is 10.00 Å². The van der Waals surface area contributed by atoms with Crippen LogP contribution in [0, 0.1) is 35.3 Å². The second-order valence-electron chi connectivity index (χ2n) is 4.32. The molecule has 0 bridgehead atoms. The molecule has 0 unspecified atom stereocenters. The number of para-hydroxylation sites is 1. The van der Waals surface area contributed by atoms with E-state index in [1.54, 1.807) is 31.2 Å². The third-order valence-corrected chi connectivity index (χ3v) is 3.00. The lowest BCUT2D eigenvalue weighted by Gasteiger charge is -2.12. The standard InChI is InChI=1S/C15H12N2O3/c1-10-5-3-6-12(9-16)15(10)20-14-8-4-7-13(11(14)2)17(18)19/h3-8H,1-2H3. The molecular formula is C15H12N2O3. The number of benzene rings is 2. The smallest absolute Gasteiger partial charge is 0.276 e. The maximum absolute atomic E-state index is 10.9. The Labute approximate surface area is 116 Å². The topological polar surface area (TPSA) is 76.2 Å². The monoisotopic (exact) mass is 268 g/mol.